The van der Waals surface area contributed by atoms with Gasteiger partial charge in [-0.25, -0.2) is 4.68 Å². The minimum absolute atomic E-state index is 0.0267. The minimum atomic E-state index is -1.07. The smallest absolute Gasteiger partial charge is 0.264 e. The number of carbonyl (C=O) groups excluding carboxylic acids is 5. The number of likely N-dealkylation sites (N-methyl/N-ethyl adjacent to an activating group) is 1. The predicted molar refractivity (Wildman–Crippen MR) is 117 cm³/mol. The molecule has 0 radical (unpaired) electrons. The van der Waals surface area contributed by atoms with Gasteiger partial charge in [0.1, 0.15) is 12.6 Å². The third-order valence-electron chi connectivity index (χ3n) is 6.41. The van der Waals surface area contributed by atoms with Crippen LogP contribution in [0.15, 0.2) is 24.4 Å². The van der Waals surface area contributed by atoms with Gasteiger partial charge in [-0.2, -0.15) is 0 Å². The number of aromatic nitrogens is 3. The SMILES string of the molecule is CN1CCC(c2cn(CC(=O)Nc3cccc4c3C(=O)N(C3CCC(=O)NC3=O)C4=O)nn2)C1. The molecule has 4 heterocycles. The van der Waals surface area contributed by atoms with Crippen LogP contribution in [-0.4, -0.2) is 80.5 Å². The molecule has 34 heavy (non-hydrogen) atoms. The number of rotatable bonds is 5. The third kappa shape index (κ3) is 3.85. The summed E-state index contributed by atoms with van der Waals surface area (Å²) in [6, 6.07) is 3.48. The van der Waals surface area contributed by atoms with E-state index in [1.807, 2.05) is 7.05 Å². The average molecular weight is 465 g/mol. The van der Waals surface area contributed by atoms with Gasteiger partial charge in [-0.3, -0.25) is 34.2 Å². The topological polar surface area (TPSA) is 147 Å². The minimum Gasteiger partial charge on any atom is -0.324 e. The van der Waals surface area contributed by atoms with Gasteiger partial charge in [0.25, 0.3) is 11.8 Å². The van der Waals surface area contributed by atoms with Gasteiger partial charge in [0, 0.05) is 25.1 Å². The van der Waals surface area contributed by atoms with E-state index in [1.165, 1.54) is 16.8 Å². The molecular formula is C22H23N7O5. The maximum absolute atomic E-state index is 13.1. The quantitative estimate of drug-likeness (QED) is 0.574. The maximum atomic E-state index is 13.1. The van der Waals surface area contributed by atoms with Crippen molar-refractivity contribution in [3.8, 4) is 0 Å². The number of likely N-dealkylation sites (tertiary alicyclic amines) is 1. The van der Waals surface area contributed by atoms with Crippen LogP contribution in [0.2, 0.25) is 0 Å². The van der Waals surface area contributed by atoms with Crippen molar-refractivity contribution >= 4 is 35.2 Å². The molecule has 3 aliphatic rings. The monoisotopic (exact) mass is 465 g/mol. The van der Waals surface area contributed by atoms with E-state index in [2.05, 4.69) is 25.8 Å². The van der Waals surface area contributed by atoms with Crippen LogP contribution < -0.4 is 10.6 Å². The standard InChI is InChI=1S/C22H23N7O5/c1-27-8-7-12(9-27)15-10-28(26-25-15)11-18(31)23-14-4-2-3-13-19(14)22(34)29(21(13)33)16-5-6-17(30)24-20(16)32/h2-4,10,12,16H,5-9,11H2,1H3,(H,23,31)(H,24,30,32). The number of nitrogens with one attached hydrogen (secondary N) is 2. The second kappa shape index (κ2) is 8.45. The zero-order chi connectivity index (χ0) is 24.0. The fourth-order valence-electron chi connectivity index (χ4n) is 4.71. The van der Waals surface area contributed by atoms with Gasteiger partial charge in [0.2, 0.25) is 17.7 Å². The fourth-order valence-corrected chi connectivity index (χ4v) is 4.71. The van der Waals surface area contributed by atoms with Crippen molar-refractivity contribution < 1.29 is 24.0 Å². The van der Waals surface area contributed by atoms with Crippen molar-refractivity contribution in [3.05, 3.63) is 41.2 Å². The van der Waals surface area contributed by atoms with E-state index in [4.69, 9.17) is 0 Å². The number of hydrogen-bond donors (Lipinski definition) is 2. The van der Waals surface area contributed by atoms with Crippen LogP contribution in [0, 0.1) is 0 Å². The van der Waals surface area contributed by atoms with Gasteiger partial charge in [-0.15, -0.1) is 5.10 Å². The van der Waals surface area contributed by atoms with E-state index >= 15 is 0 Å². The van der Waals surface area contributed by atoms with E-state index in [0.29, 0.717) is 0 Å². The molecule has 0 saturated carbocycles. The van der Waals surface area contributed by atoms with Gasteiger partial charge >= 0.3 is 0 Å². The Morgan fingerprint density at radius 3 is 2.74 bits per heavy atom. The number of hydrogen-bond acceptors (Lipinski definition) is 8. The number of fused-ring (bicyclic) bond motifs is 1. The summed E-state index contributed by atoms with van der Waals surface area (Å²) in [4.78, 5) is 65.5. The van der Waals surface area contributed by atoms with Gasteiger partial charge in [-0.05, 0) is 38.6 Å². The molecule has 0 aliphatic carbocycles. The molecule has 176 valence electrons. The van der Waals surface area contributed by atoms with Crippen LogP contribution in [0.1, 0.15) is 51.6 Å². The Kier molecular flexibility index (Phi) is 5.44. The van der Waals surface area contributed by atoms with Crippen molar-refractivity contribution in [2.24, 2.45) is 0 Å². The zero-order valence-corrected chi connectivity index (χ0v) is 18.5. The number of amides is 5. The summed E-state index contributed by atoms with van der Waals surface area (Å²) in [5.41, 5.74) is 1.13. The molecule has 5 amide bonds. The zero-order valence-electron chi connectivity index (χ0n) is 18.5. The Morgan fingerprint density at radius 2 is 2.00 bits per heavy atom. The predicted octanol–water partition coefficient (Wildman–Crippen LogP) is -0.263. The van der Waals surface area contributed by atoms with E-state index in [0.717, 1.165) is 30.1 Å². The van der Waals surface area contributed by atoms with Crippen LogP contribution in [0.3, 0.4) is 0 Å². The molecule has 0 bridgehead atoms. The number of piperidine rings is 1. The van der Waals surface area contributed by atoms with Crippen molar-refractivity contribution in [3.63, 3.8) is 0 Å². The molecule has 12 heteroatoms. The van der Waals surface area contributed by atoms with Crippen molar-refractivity contribution in [1.29, 1.82) is 0 Å². The maximum Gasteiger partial charge on any atom is 0.264 e. The molecule has 3 aliphatic heterocycles. The van der Waals surface area contributed by atoms with E-state index < -0.39 is 35.6 Å². The average Bonchev–Trinajstić information content (AvgIpc) is 3.49. The Bertz CT molecular complexity index is 1220. The van der Waals surface area contributed by atoms with Crippen molar-refractivity contribution in [2.45, 2.75) is 37.8 Å². The van der Waals surface area contributed by atoms with Crippen LogP contribution in [-0.2, 0) is 20.9 Å². The summed E-state index contributed by atoms with van der Waals surface area (Å²) < 4.78 is 1.44. The molecule has 5 rings (SSSR count). The summed E-state index contributed by atoms with van der Waals surface area (Å²) in [5, 5.41) is 13.1. The summed E-state index contributed by atoms with van der Waals surface area (Å²) in [5.74, 6) is -2.60. The lowest BCUT2D eigenvalue weighted by atomic mass is 10.0. The van der Waals surface area contributed by atoms with Crippen LogP contribution in [0.25, 0.3) is 0 Å². The third-order valence-corrected chi connectivity index (χ3v) is 6.41. The first-order valence-electron chi connectivity index (χ1n) is 11.0. The second-order valence-electron chi connectivity index (χ2n) is 8.81. The van der Waals surface area contributed by atoms with Gasteiger partial charge in [0.15, 0.2) is 0 Å². The first-order chi connectivity index (χ1) is 16.3. The number of anilines is 1. The summed E-state index contributed by atoms with van der Waals surface area (Å²) >= 11 is 0. The largest absolute Gasteiger partial charge is 0.324 e. The Morgan fingerprint density at radius 1 is 1.18 bits per heavy atom. The molecule has 0 spiro atoms. The first kappa shape index (κ1) is 21.9. The Balaban J connectivity index is 1.31. The summed E-state index contributed by atoms with van der Waals surface area (Å²) in [7, 11) is 2.05. The van der Waals surface area contributed by atoms with Gasteiger partial charge in [-0.1, -0.05) is 11.3 Å². The molecule has 2 N–H and O–H groups in total. The molecule has 2 fully saturated rings. The second-order valence-corrected chi connectivity index (χ2v) is 8.81. The van der Waals surface area contributed by atoms with Crippen molar-refractivity contribution in [2.75, 3.05) is 25.5 Å². The lowest BCUT2D eigenvalue weighted by Gasteiger charge is -2.27. The van der Waals surface area contributed by atoms with Crippen LogP contribution in [0.4, 0.5) is 5.69 Å². The molecule has 2 unspecified atom stereocenters. The lowest BCUT2D eigenvalue weighted by Crippen LogP contribution is -2.54. The van der Waals surface area contributed by atoms with Crippen LogP contribution >= 0.6 is 0 Å². The van der Waals surface area contributed by atoms with E-state index in [1.54, 1.807) is 12.3 Å². The Hall–Kier alpha value is -3.93. The highest BCUT2D eigenvalue weighted by molar-refractivity contribution is 6.26. The van der Waals surface area contributed by atoms with Gasteiger partial charge < -0.3 is 10.2 Å². The summed E-state index contributed by atoms with van der Waals surface area (Å²) in [6.07, 6.45) is 2.82. The molecule has 2 aromatic rings. The first-order valence-corrected chi connectivity index (χ1v) is 11.0. The normalized spacial score (nSPS) is 22.8. The van der Waals surface area contributed by atoms with Crippen molar-refractivity contribution in [1.82, 2.24) is 30.1 Å². The lowest BCUT2D eigenvalue weighted by molar-refractivity contribution is -0.136. The molecule has 2 atom stereocenters. The number of carbonyl (C=O) groups is 5. The van der Waals surface area contributed by atoms with Gasteiger partial charge in [0.05, 0.1) is 22.5 Å². The number of benzene rings is 1. The molecular weight excluding hydrogens is 442 g/mol. The number of imide groups is 2. The molecule has 12 nitrogen and oxygen atoms in total. The molecule has 1 aromatic carbocycles. The Labute approximate surface area is 194 Å². The van der Waals surface area contributed by atoms with E-state index in [9.17, 15) is 24.0 Å². The summed E-state index contributed by atoms with van der Waals surface area (Å²) in [6.45, 7) is 1.76. The van der Waals surface area contributed by atoms with Crippen LogP contribution in [0.5, 0.6) is 0 Å². The fraction of sp³-hybridized carbons (Fsp3) is 0.409. The highest BCUT2D eigenvalue weighted by atomic mass is 16.2. The highest BCUT2D eigenvalue weighted by Gasteiger charge is 2.45. The van der Waals surface area contributed by atoms with E-state index in [-0.39, 0.29) is 42.1 Å². The molecule has 2 saturated heterocycles. The highest BCUT2D eigenvalue weighted by Crippen LogP contribution is 2.32. The molecule has 1 aromatic heterocycles. The number of nitrogens with zero attached hydrogens (tertiary/aromatic N) is 5.